The van der Waals surface area contributed by atoms with E-state index in [4.69, 9.17) is 0 Å². The lowest BCUT2D eigenvalue weighted by molar-refractivity contribution is -0.157. The van der Waals surface area contributed by atoms with Gasteiger partial charge >= 0.3 is 0 Å². The Kier molecular flexibility index (Phi) is 4.26. The lowest BCUT2D eigenvalue weighted by Crippen LogP contribution is -2.62. The first-order valence-corrected chi connectivity index (χ1v) is 10.8. The van der Waals surface area contributed by atoms with Crippen molar-refractivity contribution in [3.63, 3.8) is 0 Å². The van der Waals surface area contributed by atoms with Crippen LogP contribution in [0.5, 0.6) is 0 Å². The normalized spacial score (nSPS) is 49.8. The number of nitrogens with zero attached hydrogens (tertiary/aromatic N) is 1. The fourth-order valence-electron chi connectivity index (χ4n) is 7.83. The largest absolute Gasteiger partial charge is 0.342 e. The number of carbonyl (C=O) groups excluding carboxylic acids is 1. The van der Waals surface area contributed by atoms with Gasteiger partial charge in [-0.2, -0.15) is 0 Å². The average Bonchev–Trinajstić information content (AvgIpc) is 2.88. The van der Waals surface area contributed by atoms with Crippen molar-refractivity contribution in [3.05, 3.63) is 0 Å². The molecule has 7 atom stereocenters. The molecule has 3 saturated carbocycles. The minimum absolute atomic E-state index is 0.358. The highest BCUT2D eigenvalue weighted by Gasteiger charge is 2.61. The van der Waals surface area contributed by atoms with E-state index in [1.807, 2.05) is 0 Å². The second-order valence-electron chi connectivity index (χ2n) is 10.5. The number of fused-ring (bicyclic) bond motifs is 5. The van der Waals surface area contributed by atoms with Crippen molar-refractivity contribution in [1.29, 1.82) is 0 Å². The van der Waals surface area contributed by atoms with Crippen molar-refractivity contribution in [1.82, 2.24) is 10.2 Å². The van der Waals surface area contributed by atoms with Crippen LogP contribution in [-0.2, 0) is 4.79 Å². The summed E-state index contributed by atoms with van der Waals surface area (Å²) >= 11 is 0. The van der Waals surface area contributed by atoms with Crippen molar-refractivity contribution in [2.24, 2.45) is 28.6 Å². The third-order valence-electron chi connectivity index (χ3n) is 9.09. The van der Waals surface area contributed by atoms with Gasteiger partial charge in [0.05, 0.1) is 0 Å². The number of hydrogen-bond donors (Lipinski definition) is 1. The van der Waals surface area contributed by atoms with Crippen LogP contribution < -0.4 is 5.32 Å². The number of piperidine rings is 1. The Bertz CT molecular complexity index is 546. The van der Waals surface area contributed by atoms with Crippen LogP contribution in [0.15, 0.2) is 0 Å². The van der Waals surface area contributed by atoms with Crippen LogP contribution in [0.3, 0.4) is 0 Å². The molecule has 3 nitrogen and oxygen atoms in total. The van der Waals surface area contributed by atoms with E-state index in [2.05, 4.69) is 45.0 Å². The number of rotatable bonds is 2. The van der Waals surface area contributed by atoms with Gasteiger partial charge in [0.1, 0.15) is 0 Å². The standard InChI is InChI=1S/C22H38N2O/c1-14(2)23-18-8-7-16-15-6-9-19-22(4,13-11-20(25)24(19)5)17(15)10-12-21(16,18)3/h14-19,23H,6-13H2,1-5H3/t15-,16-,17-,18-,19+,21-,22+/m0/s1. The molecule has 1 saturated heterocycles. The smallest absolute Gasteiger partial charge is 0.222 e. The minimum Gasteiger partial charge on any atom is -0.342 e. The molecular formula is C22H38N2O. The number of likely N-dealkylation sites (tertiary alicyclic amines) is 1. The average molecular weight is 347 g/mol. The minimum atomic E-state index is 0.358. The molecule has 3 aliphatic carbocycles. The second-order valence-corrected chi connectivity index (χ2v) is 10.5. The van der Waals surface area contributed by atoms with E-state index in [1.54, 1.807) is 0 Å². The number of amides is 1. The third kappa shape index (κ3) is 2.51. The molecule has 25 heavy (non-hydrogen) atoms. The SMILES string of the molecule is CC(C)N[C@H]1CC[C@H]2[C@@H]3CC[C@H]4N(C)C(=O)CC[C@]4(C)[C@H]3CC[C@]12C. The molecule has 4 aliphatic rings. The molecule has 1 amide bonds. The lowest BCUT2D eigenvalue weighted by Gasteiger charge is -2.61. The first kappa shape index (κ1) is 17.8. The summed E-state index contributed by atoms with van der Waals surface area (Å²) in [4.78, 5) is 14.4. The first-order valence-electron chi connectivity index (χ1n) is 10.8. The van der Waals surface area contributed by atoms with Gasteiger partial charge in [0.25, 0.3) is 0 Å². The van der Waals surface area contributed by atoms with E-state index in [0.29, 0.717) is 34.9 Å². The summed E-state index contributed by atoms with van der Waals surface area (Å²) in [6, 6.07) is 1.79. The highest BCUT2D eigenvalue weighted by molar-refractivity contribution is 5.77. The summed E-state index contributed by atoms with van der Waals surface area (Å²) in [6.07, 6.45) is 10.0. The molecule has 1 aliphatic heterocycles. The van der Waals surface area contributed by atoms with Crippen LogP contribution >= 0.6 is 0 Å². The van der Waals surface area contributed by atoms with Crippen molar-refractivity contribution in [3.8, 4) is 0 Å². The predicted molar refractivity (Wildman–Crippen MR) is 102 cm³/mol. The Morgan fingerprint density at radius 3 is 2.44 bits per heavy atom. The van der Waals surface area contributed by atoms with Crippen molar-refractivity contribution < 1.29 is 4.79 Å². The summed E-state index contributed by atoms with van der Waals surface area (Å²) < 4.78 is 0. The molecule has 4 fully saturated rings. The zero-order valence-electron chi connectivity index (χ0n) is 17.0. The maximum Gasteiger partial charge on any atom is 0.222 e. The van der Waals surface area contributed by atoms with Gasteiger partial charge in [-0.25, -0.2) is 0 Å². The van der Waals surface area contributed by atoms with Gasteiger partial charge in [0.2, 0.25) is 5.91 Å². The van der Waals surface area contributed by atoms with Gasteiger partial charge in [-0.1, -0.05) is 27.7 Å². The van der Waals surface area contributed by atoms with Gasteiger partial charge in [0, 0.05) is 31.6 Å². The van der Waals surface area contributed by atoms with Crippen LogP contribution in [0.1, 0.15) is 79.1 Å². The monoisotopic (exact) mass is 346 g/mol. The molecule has 0 bridgehead atoms. The van der Waals surface area contributed by atoms with Crippen LogP contribution in [0.25, 0.3) is 0 Å². The van der Waals surface area contributed by atoms with Gasteiger partial charge < -0.3 is 10.2 Å². The molecular weight excluding hydrogens is 308 g/mol. The molecule has 0 aromatic rings. The molecule has 0 aromatic carbocycles. The van der Waals surface area contributed by atoms with Gasteiger partial charge in [-0.15, -0.1) is 0 Å². The summed E-state index contributed by atoms with van der Waals surface area (Å²) in [5, 5.41) is 3.90. The number of hydrogen-bond acceptors (Lipinski definition) is 2. The van der Waals surface area contributed by atoms with Crippen LogP contribution in [0.4, 0.5) is 0 Å². The van der Waals surface area contributed by atoms with Crippen LogP contribution in [-0.4, -0.2) is 36.0 Å². The van der Waals surface area contributed by atoms with Gasteiger partial charge in [0.15, 0.2) is 0 Å². The van der Waals surface area contributed by atoms with Gasteiger partial charge in [-0.05, 0) is 73.5 Å². The van der Waals surface area contributed by atoms with Crippen LogP contribution in [0.2, 0.25) is 0 Å². The highest BCUT2D eigenvalue weighted by Crippen LogP contribution is 2.64. The quantitative estimate of drug-likeness (QED) is 0.812. The van der Waals surface area contributed by atoms with Crippen molar-refractivity contribution in [2.75, 3.05) is 7.05 Å². The topological polar surface area (TPSA) is 32.3 Å². The van der Waals surface area contributed by atoms with E-state index in [0.717, 1.165) is 30.6 Å². The summed E-state index contributed by atoms with van der Waals surface area (Å²) in [5.41, 5.74) is 0.849. The van der Waals surface area contributed by atoms with E-state index in [-0.39, 0.29) is 0 Å². The van der Waals surface area contributed by atoms with Crippen molar-refractivity contribution in [2.45, 2.75) is 97.2 Å². The molecule has 142 valence electrons. The predicted octanol–water partition coefficient (Wildman–Crippen LogP) is 4.22. The number of carbonyl (C=O) groups is 1. The first-order chi connectivity index (χ1) is 11.8. The third-order valence-corrected chi connectivity index (χ3v) is 9.09. The lowest BCUT2D eigenvalue weighted by atomic mass is 9.47. The van der Waals surface area contributed by atoms with E-state index in [1.165, 1.54) is 38.5 Å². The molecule has 4 rings (SSSR count). The molecule has 0 aromatic heterocycles. The molecule has 0 spiro atoms. The van der Waals surface area contributed by atoms with E-state index >= 15 is 0 Å². The molecule has 0 radical (unpaired) electrons. The Morgan fingerprint density at radius 1 is 1.00 bits per heavy atom. The Morgan fingerprint density at radius 2 is 1.72 bits per heavy atom. The molecule has 1 N–H and O–H groups in total. The molecule has 0 unspecified atom stereocenters. The zero-order chi connectivity index (χ0) is 18.0. The van der Waals surface area contributed by atoms with E-state index < -0.39 is 0 Å². The Hall–Kier alpha value is -0.570. The Balaban J connectivity index is 1.59. The summed E-state index contributed by atoms with van der Waals surface area (Å²) in [5.74, 6) is 2.99. The maximum absolute atomic E-state index is 12.2. The number of nitrogens with one attached hydrogen (secondary N) is 1. The molecule has 1 heterocycles. The van der Waals surface area contributed by atoms with Crippen LogP contribution in [0, 0.1) is 28.6 Å². The fourth-order valence-corrected chi connectivity index (χ4v) is 7.83. The zero-order valence-corrected chi connectivity index (χ0v) is 17.0. The fraction of sp³-hybridized carbons (Fsp3) is 0.955. The second kappa shape index (κ2) is 5.97. The molecule has 3 heteroatoms. The van der Waals surface area contributed by atoms with Crippen molar-refractivity contribution >= 4 is 5.91 Å². The maximum atomic E-state index is 12.2. The highest BCUT2D eigenvalue weighted by atomic mass is 16.2. The summed E-state index contributed by atoms with van der Waals surface area (Å²) in [6.45, 7) is 9.71. The van der Waals surface area contributed by atoms with Gasteiger partial charge in [-0.3, -0.25) is 4.79 Å². The summed E-state index contributed by atoms with van der Waals surface area (Å²) in [7, 11) is 2.07. The van der Waals surface area contributed by atoms with E-state index in [9.17, 15) is 4.79 Å². The Labute approximate surface area is 154 Å².